The van der Waals surface area contributed by atoms with Gasteiger partial charge in [0.05, 0.1) is 6.61 Å². The summed E-state index contributed by atoms with van der Waals surface area (Å²) in [7, 11) is 0. The Kier molecular flexibility index (Phi) is 4.88. The van der Waals surface area contributed by atoms with Crippen LogP contribution in [0.1, 0.15) is 25.3 Å². The molecule has 4 heteroatoms. The second-order valence-electron chi connectivity index (χ2n) is 5.35. The first-order valence-electron chi connectivity index (χ1n) is 6.88. The summed E-state index contributed by atoms with van der Waals surface area (Å²) in [6, 6.07) is 3.67. The van der Waals surface area contributed by atoms with Crippen molar-refractivity contribution in [2.45, 2.75) is 26.2 Å². The molecular weight excluding hydrogens is 248 g/mol. The lowest BCUT2D eigenvalue weighted by molar-refractivity contribution is -0.00731. The van der Waals surface area contributed by atoms with Crippen LogP contribution in [-0.4, -0.2) is 26.3 Å². The van der Waals surface area contributed by atoms with Crippen molar-refractivity contribution in [3.05, 3.63) is 35.4 Å². The van der Waals surface area contributed by atoms with Gasteiger partial charge in [0.25, 0.3) is 0 Å². The first-order valence-corrected chi connectivity index (χ1v) is 6.88. The average Bonchev–Trinajstić information content (AvgIpc) is 2.42. The fourth-order valence-electron chi connectivity index (χ4n) is 2.72. The van der Waals surface area contributed by atoms with E-state index in [4.69, 9.17) is 4.74 Å². The molecule has 1 aromatic carbocycles. The van der Waals surface area contributed by atoms with E-state index in [9.17, 15) is 8.78 Å². The minimum atomic E-state index is -0.383. The van der Waals surface area contributed by atoms with Gasteiger partial charge in [0, 0.05) is 18.6 Å². The molecule has 2 rings (SSSR count). The summed E-state index contributed by atoms with van der Waals surface area (Å²) in [6.45, 7) is 5.06. The fraction of sp³-hybridized carbons (Fsp3) is 0.600. The summed E-state index contributed by atoms with van der Waals surface area (Å²) in [4.78, 5) is 0. The molecule has 0 spiro atoms. The molecule has 1 aromatic rings. The zero-order chi connectivity index (χ0) is 13.7. The van der Waals surface area contributed by atoms with Crippen molar-refractivity contribution in [2.24, 2.45) is 5.41 Å². The Hall–Kier alpha value is -1.00. The summed E-state index contributed by atoms with van der Waals surface area (Å²) < 4.78 is 32.6. The van der Waals surface area contributed by atoms with Crippen LogP contribution in [-0.2, 0) is 11.2 Å². The van der Waals surface area contributed by atoms with Gasteiger partial charge in [-0.3, -0.25) is 0 Å². The van der Waals surface area contributed by atoms with E-state index in [0.717, 1.165) is 38.6 Å². The lowest BCUT2D eigenvalue weighted by Crippen LogP contribution is -2.42. The van der Waals surface area contributed by atoms with Crippen LogP contribution in [0.25, 0.3) is 0 Å². The minimum Gasteiger partial charge on any atom is -0.381 e. The van der Waals surface area contributed by atoms with Crippen molar-refractivity contribution >= 4 is 0 Å². The van der Waals surface area contributed by atoms with Gasteiger partial charge in [-0.15, -0.1) is 0 Å². The lowest BCUT2D eigenvalue weighted by atomic mass is 9.77. The Morgan fingerprint density at radius 3 is 2.89 bits per heavy atom. The Bertz CT molecular complexity index is 417. The molecular formula is C15H21F2NO. The summed E-state index contributed by atoms with van der Waals surface area (Å²) in [6.07, 6.45) is 2.47. The van der Waals surface area contributed by atoms with Gasteiger partial charge in [-0.2, -0.15) is 0 Å². The van der Waals surface area contributed by atoms with E-state index in [1.807, 2.05) is 6.92 Å². The molecule has 1 aliphatic rings. The van der Waals surface area contributed by atoms with E-state index < -0.39 is 0 Å². The Labute approximate surface area is 113 Å². The van der Waals surface area contributed by atoms with Gasteiger partial charge in [-0.25, -0.2) is 8.78 Å². The molecule has 2 nitrogen and oxygen atoms in total. The average molecular weight is 269 g/mol. The lowest BCUT2D eigenvalue weighted by Gasteiger charge is -2.37. The topological polar surface area (TPSA) is 21.3 Å². The van der Waals surface area contributed by atoms with E-state index in [0.29, 0.717) is 18.6 Å². The second kappa shape index (κ2) is 6.44. The highest BCUT2D eigenvalue weighted by Crippen LogP contribution is 2.33. The molecule has 0 amide bonds. The molecule has 1 saturated heterocycles. The zero-order valence-electron chi connectivity index (χ0n) is 11.3. The van der Waals surface area contributed by atoms with E-state index in [-0.39, 0.29) is 17.0 Å². The van der Waals surface area contributed by atoms with Gasteiger partial charge in [-0.05, 0) is 49.6 Å². The molecule has 1 fully saturated rings. The molecule has 1 atom stereocenters. The third-order valence-electron chi connectivity index (χ3n) is 3.73. The number of halogens is 2. The number of hydrogen-bond acceptors (Lipinski definition) is 2. The van der Waals surface area contributed by atoms with Gasteiger partial charge in [0.15, 0.2) is 0 Å². The summed E-state index contributed by atoms with van der Waals surface area (Å²) in [5.74, 6) is -0.713. The third kappa shape index (κ3) is 3.74. The molecule has 0 aliphatic carbocycles. The standard InChI is InChI=1S/C15H21F2NO/c1-2-18-10-15(6-3-7-19-11-15)9-12-8-13(16)4-5-14(12)17/h4-5,8,18H,2-3,6-7,9-11H2,1H3. The van der Waals surface area contributed by atoms with Crippen LogP contribution in [0.2, 0.25) is 0 Å². The van der Waals surface area contributed by atoms with Crippen LogP contribution < -0.4 is 5.32 Å². The normalized spacial score (nSPS) is 23.5. The molecule has 1 heterocycles. The fourth-order valence-corrected chi connectivity index (χ4v) is 2.72. The van der Waals surface area contributed by atoms with Crippen molar-refractivity contribution < 1.29 is 13.5 Å². The molecule has 1 unspecified atom stereocenters. The monoisotopic (exact) mass is 269 g/mol. The Balaban J connectivity index is 2.16. The van der Waals surface area contributed by atoms with Crippen molar-refractivity contribution in [2.75, 3.05) is 26.3 Å². The predicted octanol–water partition coefficient (Wildman–Crippen LogP) is 2.91. The van der Waals surface area contributed by atoms with Crippen molar-refractivity contribution in [1.29, 1.82) is 0 Å². The van der Waals surface area contributed by atoms with Crippen molar-refractivity contribution in [3.63, 3.8) is 0 Å². The van der Waals surface area contributed by atoms with Gasteiger partial charge in [0.1, 0.15) is 11.6 Å². The third-order valence-corrected chi connectivity index (χ3v) is 3.73. The summed E-state index contributed by atoms with van der Waals surface area (Å²) in [5, 5.41) is 3.32. The molecule has 1 aliphatic heterocycles. The zero-order valence-corrected chi connectivity index (χ0v) is 11.3. The van der Waals surface area contributed by atoms with E-state index in [2.05, 4.69) is 5.32 Å². The van der Waals surface area contributed by atoms with E-state index in [1.54, 1.807) is 0 Å². The molecule has 0 saturated carbocycles. The number of benzene rings is 1. The summed E-state index contributed by atoms with van der Waals surface area (Å²) in [5.41, 5.74) is 0.325. The van der Waals surface area contributed by atoms with Crippen LogP contribution in [0, 0.1) is 17.0 Å². The van der Waals surface area contributed by atoms with Gasteiger partial charge in [-0.1, -0.05) is 6.92 Å². The van der Waals surface area contributed by atoms with E-state index in [1.165, 1.54) is 12.1 Å². The second-order valence-corrected chi connectivity index (χ2v) is 5.35. The smallest absolute Gasteiger partial charge is 0.126 e. The SMILES string of the molecule is CCNCC1(Cc2cc(F)ccc2F)CCCOC1. The Morgan fingerprint density at radius 2 is 2.21 bits per heavy atom. The molecule has 0 radical (unpaired) electrons. The van der Waals surface area contributed by atoms with Crippen molar-refractivity contribution in [1.82, 2.24) is 5.32 Å². The molecule has 0 aromatic heterocycles. The van der Waals surface area contributed by atoms with E-state index >= 15 is 0 Å². The number of nitrogens with one attached hydrogen (secondary N) is 1. The minimum absolute atomic E-state index is 0.122. The van der Waals surface area contributed by atoms with Gasteiger partial charge in [0.2, 0.25) is 0 Å². The quantitative estimate of drug-likeness (QED) is 0.887. The number of ether oxygens (including phenoxy) is 1. The molecule has 1 N–H and O–H groups in total. The largest absolute Gasteiger partial charge is 0.381 e. The Morgan fingerprint density at radius 1 is 1.37 bits per heavy atom. The van der Waals surface area contributed by atoms with Crippen LogP contribution in [0.4, 0.5) is 8.78 Å². The van der Waals surface area contributed by atoms with Crippen LogP contribution in [0.5, 0.6) is 0 Å². The van der Waals surface area contributed by atoms with Crippen LogP contribution in [0.15, 0.2) is 18.2 Å². The van der Waals surface area contributed by atoms with Crippen LogP contribution >= 0.6 is 0 Å². The summed E-state index contributed by atoms with van der Waals surface area (Å²) >= 11 is 0. The van der Waals surface area contributed by atoms with Crippen molar-refractivity contribution in [3.8, 4) is 0 Å². The highest BCUT2D eigenvalue weighted by Gasteiger charge is 2.33. The highest BCUT2D eigenvalue weighted by molar-refractivity contribution is 5.20. The first kappa shape index (κ1) is 14.4. The van der Waals surface area contributed by atoms with Gasteiger partial charge < -0.3 is 10.1 Å². The molecule has 0 bridgehead atoms. The highest BCUT2D eigenvalue weighted by atomic mass is 19.1. The molecule has 19 heavy (non-hydrogen) atoms. The molecule has 106 valence electrons. The maximum Gasteiger partial charge on any atom is 0.126 e. The first-order chi connectivity index (χ1) is 9.15. The van der Waals surface area contributed by atoms with Gasteiger partial charge >= 0.3 is 0 Å². The maximum atomic E-state index is 13.8. The number of rotatable bonds is 5. The van der Waals surface area contributed by atoms with Crippen LogP contribution in [0.3, 0.4) is 0 Å². The number of hydrogen-bond donors (Lipinski definition) is 1. The predicted molar refractivity (Wildman–Crippen MR) is 71.1 cm³/mol. The maximum absolute atomic E-state index is 13.8.